The number of H-pyrrole nitrogens is 1. The largest absolute Gasteiger partial charge is 0.490 e. The lowest BCUT2D eigenvalue weighted by Gasteiger charge is -2.23. The number of fused-ring (bicyclic) bond motifs is 1. The Morgan fingerprint density at radius 3 is 1.75 bits per heavy atom. The zero-order chi connectivity index (χ0) is 40.9. The molecular weight excluding hydrogens is 744 g/mol. The fraction of sp³-hybridized carbons (Fsp3) is 0.333. The molecule has 23 heteroatoms. The van der Waals surface area contributed by atoms with Crippen molar-refractivity contribution in [3.8, 4) is 11.1 Å². The Morgan fingerprint density at radius 1 is 0.792 bits per heavy atom. The van der Waals surface area contributed by atoms with Crippen LogP contribution in [0, 0.1) is 5.82 Å². The summed E-state index contributed by atoms with van der Waals surface area (Å²) in [5.41, 5.74) is 10.2. The second kappa shape index (κ2) is 19.3. The summed E-state index contributed by atoms with van der Waals surface area (Å²) in [6, 6.07) is 12.1. The smallest absolute Gasteiger partial charge is 0.475 e. The van der Waals surface area contributed by atoms with E-state index in [2.05, 4.69) is 26.1 Å². The normalized spacial score (nSPS) is 12.0. The van der Waals surface area contributed by atoms with Gasteiger partial charge in [0.15, 0.2) is 0 Å². The third-order valence-corrected chi connectivity index (χ3v) is 6.17. The number of nitrogens with two attached hydrogens (primary N) is 1. The van der Waals surface area contributed by atoms with E-state index in [1.807, 2.05) is 45.5 Å². The molecule has 0 unspecified atom stereocenters. The fourth-order valence-electron chi connectivity index (χ4n) is 3.64. The lowest BCUT2D eigenvalue weighted by atomic mass is 10.0. The molecule has 4 aromatic rings. The summed E-state index contributed by atoms with van der Waals surface area (Å²) in [4.78, 5) is 40.6. The van der Waals surface area contributed by atoms with Gasteiger partial charge in [-0.15, -0.1) is 0 Å². The SMILES string of the molecule is CN(C)CCN(C)c1nc([C@H](N)Cc2cccc(F)c2)nc2ccc(-c3cn[nH]c3)cc12.O=C(O)C(F)(F)F.O=C(O)C(F)(F)F.O=C(O)C(F)(F)F. The van der Waals surface area contributed by atoms with Crippen molar-refractivity contribution < 1.29 is 73.6 Å². The second-order valence-electron chi connectivity index (χ2n) is 10.7. The van der Waals surface area contributed by atoms with Gasteiger partial charge in [-0.05, 0) is 55.9 Å². The van der Waals surface area contributed by atoms with Gasteiger partial charge < -0.3 is 30.9 Å². The minimum absolute atomic E-state index is 0.273. The third kappa shape index (κ3) is 16.1. The van der Waals surface area contributed by atoms with E-state index in [0.717, 1.165) is 46.5 Å². The molecule has 2 aromatic heterocycles. The first-order chi connectivity index (χ1) is 24.2. The minimum Gasteiger partial charge on any atom is -0.475 e. The molecule has 292 valence electrons. The van der Waals surface area contributed by atoms with Gasteiger partial charge in [-0.3, -0.25) is 5.10 Å². The molecule has 53 heavy (non-hydrogen) atoms. The monoisotopic (exact) mass is 775 g/mol. The number of carboxylic acid groups (broad SMARTS) is 3. The van der Waals surface area contributed by atoms with Crippen molar-refractivity contribution in [1.82, 2.24) is 25.1 Å². The molecule has 6 N–H and O–H groups in total. The number of carbonyl (C=O) groups is 3. The molecule has 2 heterocycles. The van der Waals surface area contributed by atoms with E-state index in [-0.39, 0.29) is 5.82 Å². The van der Waals surface area contributed by atoms with Gasteiger partial charge in [0, 0.05) is 37.3 Å². The van der Waals surface area contributed by atoms with Crippen LogP contribution in [0.3, 0.4) is 0 Å². The molecule has 0 aliphatic heterocycles. The van der Waals surface area contributed by atoms with Crippen LogP contribution < -0.4 is 10.6 Å². The summed E-state index contributed by atoms with van der Waals surface area (Å²) in [7, 11) is 6.12. The van der Waals surface area contributed by atoms with Crippen LogP contribution >= 0.6 is 0 Å². The summed E-state index contributed by atoms with van der Waals surface area (Å²) in [5, 5.41) is 29.2. The lowest BCUT2D eigenvalue weighted by Crippen LogP contribution is -2.30. The van der Waals surface area contributed by atoms with Crippen molar-refractivity contribution in [3.63, 3.8) is 0 Å². The molecule has 2 aromatic carbocycles. The van der Waals surface area contributed by atoms with Gasteiger partial charge in [-0.2, -0.15) is 44.6 Å². The molecule has 0 aliphatic rings. The first-order valence-corrected chi connectivity index (χ1v) is 14.3. The Morgan fingerprint density at radius 2 is 1.32 bits per heavy atom. The molecule has 13 nitrogen and oxygen atoms in total. The third-order valence-electron chi connectivity index (χ3n) is 6.17. The molecule has 1 atom stereocenters. The highest BCUT2D eigenvalue weighted by molar-refractivity contribution is 5.93. The second-order valence-corrected chi connectivity index (χ2v) is 10.7. The highest BCUT2D eigenvalue weighted by Gasteiger charge is 2.39. The van der Waals surface area contributed by atoms with Crippen molar-refractivity contribution in [2.45, 2.75) is 31.0 Å². The number of hydrogen-bond acceptors (Lipinski definition) is 9. The van der Waals surface area contributed by atoms with Crippen LogP contribution in [-0.2, 0) is 20.8 Å². The van der Waals surface area contributed by atoms with Gasteiger partial charge in [0.05, 0.1) is 17.8 Å². The quantitative estimate of drug-likeness (QED) is 0.145. The van der Waals surface area contributed by atoms with Crippen LogP contribution in [-0.4, -0.2) is 111 Å². The molecule has 0 saturated carbocycles. The van der Waals surface area contributed by atoms with Gasteiger partial charge in [0.1, 0.15) is 17.5 Å². The highest BCUT2D eigenvalue weighted by Crippen LogP contribution is 2.30. The maximum atomic E-state index is 13.6. The summed E-state index contributed by atoms with van der Waals surface area (Å²) in [5.74, 6) is -7.17. The van der Waals surface area contributed by atoms with Crippen molar-refractivity contribution >= 4 is 34.6 Å². The summed E-state index contributed by atoms with van der Waals surface area (Å²) in [6.45, 7) is 1.68. The highest BCUT2D eigenvalue weighted by atomic mass is 19.4. The van der Waals surface area contributed by atoms with E-state index >= 15 is 0 Å². The van der Waals surface area contributed by atoms with Crippen LogP contribution in [0.25, 0.3) is 22.0 Å². The number of aromatic nitrogens is 4. The predicted octanol–water partition coefficient (Wildman–Crippen LogP) is 5.30. The lowest BCUT2D eigenvalue weighted by molar-refractivity contribution is -0.193. The van der Waals surface area contributed by atoms with E-state index in [4.69, 9.17) is 45.4 Å². The van der Waals surface area contributed by atoms with Crippen LogP contribution in [0.5, 0.6) is 0 Å². The maximum absolute atomic E-state index is 13.6. The number of nitrogens with zero attached hydrogens (tertiary/aromatic N) is 5. The first kappa shape index (κ1) is 45.4. The Labute approximate surface area is 292 Å². The van der Waals surface area contributed by atoms with Crippen molar-refractivity contribution in [1.29, 1.82) is 0 Å². The molecule has 0 spiro atoms. The number of aliphatic carboxylic acids is 3. The topological polar surface area (TPSA) is 199 Å². The van der Waals surface area contributed by atoms with E-state index in [1.165, 1.54) is 12.1 Å². The Bertz CT molecular complexity index is 1740. The standard InChI is InChI=1S/C24H28FN7.3C2HF3O2/c1-31(2)9-10-32(3)24-20-13-17(18-14-27-28-15-18)7-8-22(20)29-23(30-24)21(26)12-16-5-4-6-19(25)11-16;3*3-2(4,5)1(6)7/h4-8,11,13-15,21H,9-10,12,26H2,1-3H3,(H,27,28);3*(H,6,7)/t21-;;;/m1.../s1. The van der Waals surface area contributed by atoms with Crippen LogP contribution in [0.1, 0.15) is 17.4 Å². The van der Waals surface area contributed by atoms with Crippen molar-refractivity contribution in [3.05, 3.63) is 72.1 Å². The van der Waals surface area contributed by atoms with E-state index in [1.54, 1.807) is 12.3 Å². The van der Waals surface area contributed by atoms with E-state index in [9.17, 15) is 43.9 Å². The zero-order valence-corrected chi connectivity index (χ0v) is 27.6. The average Bonchev–Trinajstić information content (AvgIpc) is 3.58. The van der Waals surface area contributed by atoms with Gasteiger partial charge >= 0.3 is 36.4 Å². The zero-order valence-electron chi connectivity index (χ0n) is 27.6. The van der Waals surface area contributed by atoms with Gasteiger partial charge in [0.2, 0.25) is 0 Å². The number of halogens is 10. The maximum Gasteiger partial charge on any atom is 0.490 e. The molecular formula is C30H31F10N7O6. The molecule has 4 rings (SSSR count). The number of hydrogen-bond donors (Lipinski definition) is 5. The van der Waals surface area contributed by atoms with Gasteiger partial charge in [0.25, 0.3) is 0 Å². The number of alkyl halides is 9. The molecule has 0 aliphatic carbocycles. The number of aromatic amines is 1. The van der Waals surface area contributed by atoms with Crippen LogP contribution in [0.15, 0.2) is 54.9 Å². The first-order valence-electron chi connectivity index (χ1n) is 14.3. The van der Waals surface area contributed by atoms with E-state index in [0.29, 0.717) is 12.2 Å². The number of anilines is 1. The van der Waals surface area contributed by atoms with E-state index < -0.39 is 42.5 Å². The summed E-state index contributed by atoms with van der Waals surface area (Å²) >= 11 is 0. The predicted molar refractivity (Wildman–Crippen MR) is 167 cm³/mol. The van der Waals surface area contributed by atoms with Gasteiger partial charge in [-0.25, -0.2) is 28.7 Å². The molecule has 0 radical (unpaired) electrons. The number of benzene rings is 2. The fourth-order valence-corrected chi connectivity index (χ4v) is 3.64. The molecule has 0 amide bonds. The molecule has 0 fully saturated rings. The number of carboxylic acids is 3. The van der Waals surface area contributed by atoms with Crippen LogP contribution in [0.4, 0.5) is 49.7 Å². The van der Waals surface area contributed by atoms with Crippen molar-refractivity contribution in [2.75, 3.05) is 39.1 Å². The molecule has 0 saturated heterocycles. The summed E-state index contributed by atoms with van der Waals surface area (Å²) in [6.07, 6.45) is -11.1. The molecule has 0 bridgehead atoms. The Hall–Kier alpha value is -5.58. The minimum atomic E-state index is -5.08. The number of nitrogens with one attached hydrogen (secondary N) is 1. The summed E-state index contributed by atoms with van der Waals surface area (Å²) < 4.78 is 109. The Balaban J connectivity index is 0.000000545. The Kier molecular flexibility index (Phi) is 16.6. The van der Waals surface area contributed by atoms with Crippen molar-refractivity contribution in [2.24, 2.45) is 5.73 Å². The average molecular weight is 776 g/mol. The number of likely N-dealkylation sites (N-methyl/N-ethyl adjacent to an activating group) is 2. The van der Waals surface area contributed by atoms with Crippen LogP contribution in [0.2, 0.25) is 0 Å². The van der Waals surface area contributed by atoms with Gasteiger partial charge in [-0.1, -0.05) is 18.2 Å². The number of rotatable bonds is 8.